The standard InChI is InChI=1S/C12H23N3OS/c1-5-13-12-11(10(2)14-15(12)3)9-17-8-6-7-16-4/h13H,5-9H2,1-4H3. The summed E-state index contributed by atoms with van der Waals surface area (Å²) in [4.78, 5) is 0. The fraction of sp³-hybridized carbons (Fsp3) is 0.750. The van der Waals surface area contributed by atoms with Gasteiger partial charge in [0.15, 0.2) is 0 Å². The maximum absolute atomic E-state index is 5.04. The first-order chi connectivity index (χ1) is 8.20. The molecule has 1 rings (SSSR count). The van der Waals surface area contributed by atoms with Crippen molar-refractivity contribution in [3.05, 3.63) is 11.3 Å². The van der Waals surface area contributed by atoms with Crippen molar-refractivity contribution in [3.8, 4) is 0 Å². The van der Waals surface area contributed by atoms with Crippen LogP contribution in [0.5, 0.6) is 0 Å². The summed E-state index contributed by atoms with van der Waals surface area (Å²) in [5.74, 6) is 3.31. The molecule has 0 aliphatic carbocycles. The van der Waals surface area contributed by atoms with Gasteiger partial charge in [-0.25, -0.2) is 0 Å². The van der Waals surface area contributed by atoms with Gasteiger partial charge in [-0.2, -0.15) is 16.9 Å². The minimum absolute atomic E-state index is 0.846. The molecule has 0 aliphatic heterocycles. The van der Waals surface area contributed by atoms with Crippen molar-refractivity contribution < 1.29 is 4.74 Å². The van der Waals surface area contributed by atoms with E-state index in [0.29, 0.717) is 0 Å². The van der Waals surface area contributed by atoms with Crippen LogP contribution in [0, 0.1) is 6.92 Å². The van der Waals surface area contributed by atoms with Gasteiger partial charge in [0.05, 0.1) is 5.69 Å². The maximum Gasteiger partial charge on any atom is 0.128 e. The van der Waals surface area contributed by atoms with Gasteiger partial charge < -0.3 is 10.1 Å². The van der Waals surface area contributed by atoms with E-state index in [0.717, 1.165) is 42.6 Å². The molecule has 4 nitrogen and oxygen atoms in total. The molecule has 0 amide bonds. The minimum Gasteiger partial charge on any atom is -0.385 e. The Balaban J connectivity index is 2.51. The second kappa shape index (κ2) is 7.61. The second-order valence-corrected chi connectivity index (χ2v) is 5.07. The summed E-state index contributed by atoms with van der Waals surface area (Å²) in [6.45, 7) is 5.96. The summed E-state index contributed by atoms with van der Waals surface area (Å²) in [7, 11) is 3.74. The molecule has 0 atom stereocenters. The van der Waals surface area contributed by atoms with Crippen LogP contribution in [-0.4, -0.2) is 35.8 Å². The van der Waals surface area contributed by atoms with Crippen molar-refractivity contribution in [2.24, 2.45) is 7.05 Å². The molecule has 0 saturated heterocycles. The van der Waals surface area contributed by atoms with E-state index in [-0.39, 0.29) is 0 Å². The fourth-order valence-corrected chi connectivity index (χ4v) is 2.76. The highest BCUT2D eigenvalue weighted by atomic mass is 32.2. The van der Waals surface area contributed by atoms with Crippen LogP contribution >= 0.6 is 11.8 Å². The van der Waals surface area contributed by atoms with Gasteiger partial charge in [0.1, 0.15) is 5.82 Å². The summed E-state index contributed by atoms with van der Waals surface area (Å²) in [5, 5.41) is 7.84. The molecule has 0 aliphatic rings. The quantitative estimate of drug-likeness (QED) is 0.726. The Labute approximate surface area is 108 Å². The number of hydrogen-bond donors (Lipinski definition) is 1. The number of nitrogens with one attached hydrogen (secondary N) is 1. The molecule has 0 spiro atoms. The van der Waals surface area contributed by atoms with E-state index < -0.39 is 0 Å². The average Bonchev–Trinajstić information content (AvgIpc) is 2.56. The number of aryl methyl sites for hydroxylation is 2. The number of hydrogen-bond acceptors (Lipinski definition) is 4. The fourth-order valence-electron chi connectivity index (χ4n) is 1.74. The van der Waals surface area contributed by atoms with Gasteiger partial charge in [0, 0.05) is 38.6 Å². The summed E-state index contributed by atoms with van der Waals surface area (Å²) in [5.41, 5.74) is 2.46. The van der Waals surface area contributed by atoms with Crippen LogP contribution in [0.2, 0.25) is 0 Å². The van der Waals surface area contributed by atoms with Crippen LogP contribution in [-0.2, 0) is 17.5 Å². The van der Waals surface area contributed by atoms with E-state index in [2.05, 4.69) is 24.3 Å². The minimum atomic E-state index is 0.846. The van der Waals surface area contributed by atoms with Crippen LogP contribution in [0.4, 0.5) is 5.82 Å². The number of thioether (sulfide) groups is 1. The van der Waals surface area contributed by atoms with Crippen LogP contribution in [0.1, 0.15) is 24.6 Å². The van der Waals surface area contributed by atoms with Crippen molar-refractivity contribution in [1.29, 1.82) is 0 Å². The molecule has 0 saturated carbocycles. The third-order valence-corrected chi connectivity index (χ3v) is 3.64. The number of rotatable bonds is 8. The van der Waals surface area contributed by atoms with Gasteiger partial charge in [-0.05, 0) is 26.0 Å². The predicted octanol–water partition coefficient (Wildman–Crippen LogP) is 2.43. The molecule has 98 valence electrons. The summed E-state index contributed by atoms with van der Waals surface area (Å²) in [6.07, 6.45) is 1.11. The summed E-state index contributed by atoms with van der Waals surface area (Å²) < 4.78 is 6.98. The normalized spacial score (nSPS) is 10.8. The lowest BCUT2D eigenvalue weighted by Crippen LogP contribution is -2.05. The van der Waals surface area contributed by atoms with Crippen LogP contribution in [0.3, 0.4) is 0 Å². The highest BCUT2D eigenvalue weighted by Crippen LogP contribution is 2.24. The van der Waals surface area contributed by atoms with Gasteiger partial charge in [-0.15, -0.1) is 0 Å². The topological polar surface area (TPSA) is 39.1 Å². The van der Waals surface area contributed by atoms with Gasteiger partial charge >= 0.3 is 0 Å². The summed E-state index contributed by atoms with van der Waals surface area (Å²) >= 11 is 1.94. The number of anilines is 1. The highest BCUT2D eigenvalue weighted by Gasteiger charge is 2.11. The third-order valence-electron chi connectivity index (χ3n) is 2.57. The van der Waals surface area contributed by atoms with Crippen LogP contribution < -0.4 is 5.32 Å². The SMILES string of the molecule is CCNc1c(CSCCCOC)c(C)nn1C. The molecule has 0 unspecified atom stereocenters. The lowest BCUT2D eigenvalue weighted by molar-refractivity contribution is 0.200. The monoisotopic (exact) mass is 257 g/mol. The maximum atomic E-state index is 5.04. The van der Waals surface area contributed by atoms with Crippen LogP contribution in [0.15, 0.2) is 0 Å². The van der Waals surface area contributed by atoms with Crippen molar-refractivity contribution in [2.75, 3.05) is 31.3 Å². The molecule has 0 bridgehead atoms. The van der Waals surface area contributed by atoms with E-state index in [4.69, 9.17) is 4.74 Å². The van der Waals surface area contributed by atoms with Gasteiger partial charge in [0.25, 0.3) is 0 Å². The molecule has 1 aromatic heterocycles. The van der Waals surface area contributed by atoms with E-state index in [9.17, 15) is 0 Å². The lowest BCUT2D eigenvalue weighted by atomic mass is 10.3. The number of nitrogens with zero attached hydrogens (tertiary/aromatic N) is 2. The Morgan fingerprint density at radius 2 is 2.24 bits per heavy atom. The molecule has 1 heterocycles. The molecular weight excluding hydrogens is 234 g/mol. The van der Waals surface area contributed by atoms with Crippen molar-refractivity contribution >= 4 is 17.6 Å². The van der Waals surface area contributed by atoms with Crippen molar-refractivity contribution in [2.45, 2.75) is 26.0 Å². The predicted molar refractivity (Wildman–Crippen MR) is 74.8 cm³/mol. The Morgan fingerprint density at radius 3 is 2.88 bits per heavy atom. The third kappa shape index (κ3) is 4.24. The first-order valence-electron chi connectivity index (χ1n) is 6.03. The smallest absolute Gasteiger partial charge is 0.128 e. The van der Waals surface area contributed by atoms with E-state index in [1.54, 1.807) is 7.11 Å². The van der Waals surface area contributed by atoms with Crippen molar-refractivity contribution in [1.82, 2.24) is 9.78 Å². The number of methoxy groups -OCH3 is 1. The van der Waals surface area contributed by atoms with E-state index >= 15 is 0 Å². The van der Waals surface area contributed by atoms with Crippen LogP contribution in [0.25, 0.3) is 0 Å². The Hall–Kier alpha value is -0.680. The first kappa shape index (κ1) is 14.4. The molecule has 17 heavy (non-hydrogen) atoms. The molecule has 0 fully saturated rings. The Kier molecular flexibility index (Phi) is 6.44. The second-order valence-electron chi connectivity index (χ2n) is 3.97. The van der Waals surface area contributed by atoms with E-state index in [1.807, 2.05) is 23.5 Å². The zero-order valence-electron chi connectivity index (χ0n) is 11.2. The number of ether oxygens (including phenoxy) is 1. The highest BCUT2D eigenvalue weighted by molar-refractivity contribution is 7.98. The molecular formula is C12H23N3OS. The first-order valence-corrected chi connectivity index (χ1v) is 7.19. The molecule has 1 N–H and O–H groups in total. The zero-order valence-corrected chi connectivity index (χ0v) is 12.1. The van der Waals surface area contributed by atoms with Gasteiger partial charge in [-0.3, -0.25) is 4.68 Å². The summed E-state index contributed by atoms with van der Waals surface area (Å²) in [6, 6.07) is 0. The van der Waals surface area contributed by atoms with Gasteiger partial charge in [-0.1, -0.05) is 0 Å². The Bertz CT molecular complexity index is 339. The van der Waals surface area contributed by atoms with Gasteiger partial charge in [0.2, 0.25) is 0 Å². The number of aromatic nitrogens is 2. The van der Waals surface area contributed by atoms with E-state index in [1.165, 1.54) is 5.56 Å². The lowest BCUT2D eigenvalue weighted by Gasteiger charge is -2.07. The molecule has 0 aromatic carbocycles. The zero-order chi connectivity index (χ0) is 12.7. The molecule has 5 heteroatoms. The van der Waals surface area contributed by atoms with Crippen molar-refractivity contribution in [3.63, 3.8) is 0 Å². The largest absolute Gasteiger partial charge is 0.385 e. The molecule has 1 aromatic rings. The Morgan fingerprint density at radius 1 is 1.47 bits per heavy atom. The average molecular weight is 257 g/mol. The molecule has 0 radical (unpaired) electrons.